The van der Waals surface area contributed by atoms with E-state index in [2.05, 4.69) is 51.2 Å². The van der Waals surface area contributed by atoms with Crippen LogP contribution < -0.4 is 10.2 Å². The van der Waals surface area contributed by atoms with Crippen molar-refractivity contribution in [3.8, 4) is 0 Å². The zero-order valence-electron chi connectivity index (χ0n) is 11.2. The van der Waals surface area contributed by atoms with Crippen molar-refractivity contribution in [2.45, 2.75) is 45.2 Å². The van der Waals surface area contributed by atoms with Gasteiger partial charge in [-0.05, 0) is 54.2 Å². The molecule has 4 heteroatoms. The molecule has 0 bridgehead atoms. The molecule has 1 heterocycles. The van der Waals surface area contributed by atoms with E-state index in [4.69, 9.17) is 0 Å². The van der Waals surface area contributed by atoms with E-state index in [0.29, 0.717) is 6.04 Å². The summed E-state index contributed by atoms with van der Waals surface area (Å²) in [6, 6.07) is 2.86. The van der Waals surface area contributed by atoms with Crippen LogP contribution in [0.1, 0.15) is 38.2 Å². The summed E-state index contributed by atoms with van der Waals surface area (Å²) in [4.78, 5) is 6.94. The van der Waals surface area contributed by atoms with Crippen molar-refractivity contribution in [1.29, 1.82) is 0 Å². The van der Waals surface area contributed by atoms with Crippen LogP contribution in [-0.2, 0) is 6.54 Å². The first kappa shape index (κ1) is 13.8. The number of nitrogens with zero attached hydrogens (tertiary/aromatic N) is 2. The molecule has 0 unspecified atom stereocenters. The standard InChI is InChI=1S/C14H22BrN3/c1-3-7-16-9-11-8-12(15)10-17-14(11)18(2)13-5-4-6-13/h8,10,13,16H,3-7,9H2,1-2H3. The molecule has 1 saturated carbocycles. The molecular formula is C14H22BrN3. The zero-order chi connectivity index (χ0) is 13.0. The summed E-state index contributed by atoms with van der Waals surface area (Å²) in [6.45, 7) is 4.14. The Bertz CT molecular complexity index is 391. The van der Waals surface area contributed by atoms with E-state index in [0.717, 1.165) is 29.8 Å². The molecule has 0 spiro atoms. The van der Waals surface area contributed by atoms with Crippen LogP contribution in [0.25, 0.3) is 0 Å². The Balaban J connectivity index is 2.11. The number of hydrogen-bond acceptors (Lipinski definition) is 3. The maximum absolute atomic E-state index is 4.60. The fraction of sp³-hybridized carbons (Fsp3) is 0.643. The number of nitrogens with one attached hydrogen (secondary N) is 1. The Kier molecular flexibility index (Phi) is 5.01. The highest BCUT2D eigenvalue weighted by Gasteiger charge is 2.24. The van der Waals surface area contributed by atoms with E-state index in [1.54, 1.807) is 0 Å². The van der Waals surface area contributed by atoms with Crippen LogP contribution in [0.15, 0.2) is 16.7 Å². The topological polar surface area (TPSA) is 28.2 Å². The largest absolute Gasteiger partial charge is 0.356 e. The summed E-state index contributed by atoms with van der Waals surface area (Å²) in [7, 11) is 2.17. The average molecular weight is 312 g/mol. The van der Waals surface area contributed by atoms with Gasteiger partial charge < -0.3 is 10.2 Å². The van der Waals surface area contributed by atoms with Crippen molar-refractivity contribution in [2.75, 3.05) is 18.5 Å². The third-order valence-electron chi connectivity index (χ3n) is 3.61. The fourth-order valence-corrected chi connectivity index (χ4v) is 2.65. The normalized spacial score (nSPS) is 15.5. The minimum Gasteiger partial charge on any atom is -0.356 e. The second-order valence-corrected chi connectivity index (χ2v) is 5.92. The van der Waals surface area contributed by atoms with Gasteiger partial charge in [-0.15, -0.1) is 0 Å². The van der Waals surface area contributed by atoms with Gasteiger partial charge in [-0.2, -0.15) is 0 Å². The Labute approximate surface area is 118 Å². The van der Waals surface area contributed by atoms with Crippen LogP contribution in [0.4, 0.5) is 5.82 Å². The Hall–Kier alpha value is -0.610. The summed E-state index contributed by atoms with van der Waals surface area (Å²) in [5.41, 5.74) is 1.28. The lowest BCUT2D eigenvalue weighted by atomic mass is 9.91. The van der Waals surface area contributed by atoms with Crippen molar-refractivity contribution < 1.29 is 0 Å². The number of rotatable bonds is 6. The van der Waals surface area contributed by atoms with Crippen molar-refractivity contribution in [3.05, 3.63) is 22.3 Å². The third kappa shape index (κ3) is 3.23. The second-order valence-electron chi connectivity index (χ2n) is 5.01. The molecule has 0 radical (unpaired) electrons. The SMILES string of the molecule is CCCNCc1cc(Br)cnc1N(C)C1CCC1. The molecule has 1 aromatic rings. The minimum absolute atomic E-state index is 0.684. The number of aromatic nitrogens is 1. The molecule has 1 aliphatic rings. The zero-order valence-corrected chi connectivity index (χ0v) is 12.8. The molecule has 1 fully saturated rings. The Morgan fingerprint density at radius 2 is 2.28 bits per heavy atom. The van der Waals surface area contributed by atoms with Gasteiger partial charge in [0.15, 0.2) is 0 Å². The number of hydrogen-bond donors (Lipinski definition) is 1. The maximum atomic E-state index is 4.60. The molecule has 1 aromatic heterocycles. The van der Waals surface area contributed by atoms with Crippen molar-refractivity contribution in [3.63, 3.8) is 0 Å². The minimum atomic E-state index is 0.684. The molecule has 18 heavy (non-hydrogen) atoms. The lowest BCUT2D eigenvalue weighted by Gasteiger charge is -2.36. The van der Waals surface area contributed by atoms with E-state index in [1.165, 1.54) is 24.8 Å². The first-order valence-electron chi connectivity index (χ1n) is 6.80. The van der Waals surface area contributed by atoms with Crippen molar-refractivity contribution >= 4 is 21.7 Å². The molecular weight excluding hydrogens is 290 g/mol. The van der Waals surface area contributed by atoms with Crippen LogP contribution in [0.5, 0.6) is 0 Å². The van der Waals surface area contributed by atoms with Crippen molar-refractivity contribution in [1.82, 2.24) is 10.3 Å². The quantitative estimate of drug-likeness (QED) is 0.817. The second kappa shape index (κ2) is 6.53. The van der Waals surface area contributed by atoms with Gasteiger partial charge in [-0.3, -0.25) is 0 Å². The molecule has 0 aromatic carbocycles. The van der Waals surface area contributed by atoms with Crippen molar-refractivity contribution in [2.24, 2.45) is 0 Å². The molecule has 2 rings (SSSR count). The first-order chi connectivity index (χ1) is 8.72. The van der Waals surface area contributed by atoms with Crippen LogP contribution in [0.2, 0.25) is 0 Å². The number of pyridine rings is 1. The van der Waals surface area contributed by atoms with Crippen LogP contribution in [0.3, 0.4) is 0 Å². The number of halogens is 1. The van der Waals surface area contributed by atoms with Gasteiger partial charge >= 0.3 is 0 Å². The van der Waals surface area contributed by atoms with Gasteiger partial charge in [-0.25, -0.2) is 4.98 Å². The van der Waals surface area contributed by atoms with Gasteiger partial charge in [-0.1, -0.05) is 6.92 Å². The molecule has 0 saturated heterocycles. The summed E-state index contributed by atoms with van der Waals surface area (Å²) in [5.74, 6) is 1.13. The third-order valence-corrected chi connectivity index (χ3v) is 4.04. The van der Waals surface area contributed by atoms with Gasteiger partial charge in [0, 0.05) is 35.9 Å². The molecule has 1 N–H and O–H groups in total. The number of anilines is 1. The molecule has 3 nitrogen and oxygen atoms in total. The van der Waals surface area contributed by atoms with Gasteiger partial charge in [0.05, 0.1) is 0 Å². The summed E-state index contributed by atoms with van der Waals surface area (Å²) in [5, 5.41) is 3.46. The maximum Gasteiger partial charge on any atom is 0.133 e. The monoisotopic (exact) mass is 311 g/mol. The van der Waals surface area contributed by atoms with Gasteiger partial charge in [0.1, 0.15) is 5.82 Å². The van der Waals surface area contributed by atoms with E-state index in [-0.39, 0.29) is 0 Å². The van der Waals surface area contributed by atoms with Crippen LogP contribution >= 0.6 is 15.9 Å². The van der Waals surface area contributed by atoms with E-state index in [9.17, 15) is 0 Å². The predicted octanol–water partition coefficient (Wildman–Crippen LogP) is 3.33. The fourth-order valence-electron chi connectivity index (χ4n) is 2.27. The smallest absolute Gasteiger partial charge is 0.133 e. The summed E-state index contributed by atoms with van der Waals surface area (Å²) >= 11 is 3.51. The molecule has 0 aliphatic heterocycles. The van der Waals surface area contributed by atoms with E-state index in [1.807, 2.05) is 6.20 Å². The highest BCUT2D eigenvalue weighted by atomic mass is 79.9. The summed E-state index contributed by atoms with van der Waals surface area (Å²) in [6.07, 6.45) is 7.02. The van der Waals surface area contributed by atoms with E-state index >= 15 is 0 Å². The molecule has 0 atom stereocenters. The predicted molar refractivity (Wildman–Crippen MR) is 80.0 cm³/mol. The Morgan fingerprint density at radius 1 is 1.50 bits per heavy atom. The lowest BCUT2D eigenvalue weighted by Crippen LogP contribution is -2.38. The molecule has 1 aliphatic carbocycles. The average Bonchev–Trinajstić information content (AvgIpc) is 2.27. The van der Waals surface area contributed by atoms with Gasteiger partial charge in [0.25, 0.3) is 0 Å². The molecule has 0 amide bonds. The van der Waals surface area contributed by atoms with Gasteiger partial charge in [0.2, 0.25) is 0 Å². The van der Waals surface area contributed by atoms with Crippen LogP contribution in [0, 0.1) is 0 Å². The van der Waals surface area contributed by atoms with E-state index < -0.39 is 0 Å². The summed E-state index contributed by atoms with van der Waals surface area (Å²) < 4.78 is 1.06. The molecule has 100 valence electrons. The van der Waals surface area contributed by atoms with Crippen LogP contribution in [-0.4, -0.2) is 24.6 Å². The highest BCUT2D eigenvalue weighted by Crippen LogP contribution is 2.30. The Morgan fingerprint density at radius 3 is 2.89 bits per heavy atom. The highest BCUT2D eigenvalue weighted by molar-refractivity contribution is 9.10. The lowest BCUT2D eigenvalue weighted by molar-refractivity contribution is 0.398. The first-order valence-corrected chi connectivity index (χ1v) is 7.59.